The molecule has 2 rings (SSSR count). The molecule has 1 aliphatic heterocycles. The minimum atomic E-state index is -0.772. The van der Waals surface area contributed by atoms with Gasteiger partial charge in [0, 0.05) is 19.5 Å². The van der Waals surface area contributed by atoms with Crippen LogP contribution in [0.15, 0.2) is 18.2 Å². The fraction of sp³-hybridized carbons (Fsp3) is 0.556. The van der Waals surface area contributed by atoms with Gasteiger partial charge in [0.05, 0.1) is 0 Å². The van der Waals surface area contributed by atoms with E-state index in [0.717, 1.165) is 30.7 Å². The van der Waals surface area contributed by atoms with Crippen molar-refractivity contribution in [3.05, 3.63) is 29.3 Å². The number of piperidine rings is 1. The van der Waals surface area contributed by atoms with Gasteiger partial charge >= 0.3 is 5.97 Å². The van der Waals surface area contributed by atoms with Crippen molar-refractivity contribution < 1.29 is 19.4 Å². The van der Waals surface area contributed by atoms with Gasteiger partial charge in [-0.05, 0) is 50.7 Å². The van der Waals surface area contributed by atoms with Crippen LogP contribution >= 0.6 is 0 Å². The molecule has 1 atom stereocenters. The Kier molecular flexibility index (Phi) is 6.02. The summed E-state index contributed by atoms with van der Waals surface area (Å²) in [5.41, 5.74) is 2.19. The zero-order valence-corrected chi connectivity index (χ0v) is 13.9. The van der Waals surface area contributed by atoms with E-state index in [2.05, 4.69) is 0 Å². The molecular formula is C18H25NO4. The zero-order valence-electron chi connectivity index (χ0n) is 13.9. The van der Waals surface area contributed by atoms with Gasteiger partial charge in [-0.15, -0.1) is 0 Å². The number of carbonyl (C=O) groups excluding carboxylic acids is 1. The maximum absolute atomic E-state index is 12.3. The van der Waals surface area contributed by atoms with Crippen LogP contribution in [0.3, 0.4) is 0 Å². The van der Waals surface area contributed by atoms with E-state index in [1.165, 1.54) is 5.56 Å². The molecule has 0 radical (unpaired) electrons. The van der Waals surface area contributed by atoms with Gasteiger partial charge in [0.1, 0.15) is 5.75 Å². The van der Waals surface area contributed by atoms with Crippen molar-refractivity contribution >= 4 is 11.9 Å². The zero-order chi connectivity index (χ0) is 16.8. The van der Waals surface area contributed by atoms with Crippen molar-refractivity contribution in [2.75, 3.05) is 19.7 Å². The molecule has 1 aromatic carbocycles. The van der Waals surface area contributed by atoms with Crippen molar-refractivity contribution in [1.82, 2.24) is 4.90 Å². The molecule has 0 aliphatic carbocycles. The van der Waals surface area contributed by atoms with Crippen LogP contribution in [-0.2, 0) is 9.59 Å². The van der Waals surface area contributed by atoms with Gasteiger partial charge < -0.3 is 14.7 Å². The van der Waals surface area contributed by atoms with Crippen molar-refractivity contribution in [3.63, 3.8) is 0 Å². The van der Waals surface area contributed by atoms with Gasteiger partial charge in [-0.25, -0.2) is 0 Å². The highest BCUT2D eigenvalue weighted by Crippen LogP contribution is 2.22. The largest absolute Gasteiger partial charge is 0.484 e. The van der Waals surface area contributed by atoms with Crippen molar-refractivity contribution in [3.8, 4) is 5.75 Å². The summed E-state index contributed by atoms with van der Waals surface area (Å²) < 4.78 is 5.65. The Hall–Kier alpha value is -2.04. The molecule has 126 valence electrons. The van der Waals surface area contributed by atoms with Crippen LogP contribution in [0.25, 0.3) is 0 Å². The molecule has 23 heavy (non-hydrogen) atoms. The number of nitrogens with zero attached hydrogens (tertiary/aromatic N) is 1. The van der Waals surface area contributed by atoms with Gasteiger partial charge in [0.25, 0.3) is 5.91 Å². The predicted molar refractivity (Wildman–Crippen MR) is 87.6 cm³/mol. The summed E-state index contributed by atoms with van der Waals surface area (Å²) in [6.45, 7) is 5.40. The molecule has 1 unspecified atom stereocenters. The van der Waals surface area contributed by atoms with Crippen LogP contribution in [0.2, 0.25) is 0 Å². The lowest BCUT2D eigenvalue weighted by molar-refractivity contribution is -0.137. The Labute approximate surface area is 137 Å². The van der Waals surface area contributed by atoms with Gasteiger partial charge in [-0.1, -0.05) is 17.7 Å². The van der Waals surface area contributed by atoms with E-state index < -0.39 is 5.97 Å². The molecule has 1 fully saturated rings. The Balaban J connectivity index is 1.83. The third-order valence-electron chi connectivity index (χ3n) is 4.32. The minimum Gasteiger partial charge on any atom is -0.484 e. The van der Waals surface area contributed by atoms with Crippen LogP contribution in [0.5, 0.6) is 5.75 Å². The molecule has 0 bridgehead atoms. The SMILES string of the molecule is Cc1ccc(OCC(=O)N2CCCC(CCC(=O)O)C2)c(C)c1. The normalized spacial score (nSPS) is 17.8. The second-order valence-corrected chi connectivity index (χ2v) is 6.34. The lowest BCUT2D eigenvalue weighted by Gasteiger charge is -2.32. The van der Waals surface area contributed by atoms with E-state index in [1.807, 2.05) is 32.0 Å². The molecule has 0 aromatic heterocycles. The van der Waals surface area contributed by atoms with Gasteiger partial charge in [-0.2, -0.15) is 0 Å². The summed E-state index contributed by atoms with van der Waals surface area (Å²) in [6, 6.07) is 5.89. The highest BCUT2D eigenvalue weighted by molar-refractivity contribution is 5.78. The Morgan fingerprint density at radius 2 is 2.13 bits per heavy atom. The Morgan fingerprint density at radius 3 is 2.83 bits per heavy atom. The number of likely N-dealkylation sites (tertiary alicyclic amines) is 1. The number of aliphatic carboxylic acids is 1. The van der Waals surface area contributed by atoms with Gasteiger partial charge in [-0.3, -0.25) is 9.59 Å². The number of carbonyl (C=O) groups is 2. The molecular weight excluding hydrogens is 294 g/mol. The molecule has 1 heterocycles. The maximum atomic E-state index is 12.3. The summed E-state index contributed by atoms with van der Waals surface area (Å²) in [5, 5.41) is 8.77. The van der Waals surface area contributed by atoms with Crippen LogP contribution in [0, 0.1) is 19.8 Å². The van der Waals surface area contributed by atoms with E-state index in [0.29, 0.717) is 13.0 Å². The predicted octanol–water partition coefficient (Wildman–Crippen LogP) is 2.79. The molecule has 1 aliphatic rings. The fourth-order valence-corrected chi connectivity index (χ4v) is 3.05. The lowest BCUT2D eigenvalue weighted by atomic mass is 9.93. The first-order valence-corrected chi connectivity index (χ1v) is 8.15. The number of hydrogen-bond acceptors (Lipinski definition) is 3. The second kappa shape index (κ2) is 7.99. The average molecular weight is 319 g/mol. The van der Waals surface area contributed by atoms with Crippen molar-refractivity contribution in [2.24, 2.45) is 5.92 Å². The van der Waals surface area contributed by atoms with Crippen LogP contribution in [0.1, 0.15) is 36.8 Å². The fourth-order valence-electron chi connectivity index (χ4n) is 3.05. The average Bonchev–Trinajstić information content (AvgIpc) is 2.52. The lowest BCUT2D eigenvalue weighted by Crippen LogP contribution is -2.42. The number of amides is 1. The van der Waals surface area contributed by atoms with E-state index in [1.54, 1.807) is 4.90 Å². The summed E-state index contributed by atoms with van der Waals surface area (Å²) in [5.74, 6) is 0.227. The van der Waals surface area contributed by atoms with Crippen LogP contribution in [0.4, 0.5) is 0 Å². The molecule has 1 amide bonds. The van der Waals surface area contributed by atoms with Gasteiger partial charge in [0.2, 0.25) is 0 Å². The molecule has 5 nitrogen and oxygen atoms in total. The third kappa shape index (κ3) is 5.27. The Morgan fingerprint density at radius 1 is 1.35 bits per heavy atom. The quantitative estimate of drug-likeness (QED) is 0.875. The number of benzene rings is 1. The van der Waals surface area contributed by atoms with E-state index in [9.17, 15) is 9.59 Å². The number of ether oxygens (including phenoxy) is 1. The molecule has 1 saturated heterocycles. The topological polar surface area (TPSA) is 66.8 Å². The summed E-state index contributed by atoms with van der Waals surface area (Å²) in [6.07, 6.45) is 2.73. The number of hydrogen-bond donors (Lipinski definition) is 1. The van der Waals surface area contributed by atoms with Crippen LogP contribution in [-0.4, -0.2) is 41.6 Å². The van der Waals surface area contributed by atoms with Crippen LogP contribution < -0.4 is 4.74 Å². The summed E-state index contributed by atoms with van der Waals surface area (Å²) in [7, 11) is 0. The number of rotatable bonds is 6. The van der Waals surface area contributed by atoms with E-state index in [-0.39, 0.29) is 24.9 Å². The monoisotopic (exact) mass is 319 g/mol. The summed E-state index contributed by atoms with van der Waals surface area (Å²) >= 11 is 0. The highest BCUT2D eigenvalue weighted by Gasteiger charge is 2.24. The standard InChI is InChI=1S/C18H25NO4/c1-13-5-7-16(14(2)10-13)23-12-17(20)19-9-3-4-15(11-19)6-8-18(21)22/h5,7,10,15H,3-4,6,8-9,11-12H2,1-2H3,(H,21,22). The number of carboxylic acids is 1. The van der Waals surface area contributed by atoms with E-state index >= 15 is 0 Å². The molecule has 0 spiro atoms. The third-order valence-corrected chi connectivity index (χ3v) is 4.32. The Bertz CT molecular complexity index is 570. The minimum absolute atomic E-state index is 0.0231. The summed E-state index contributed by atoms with van der Waals surface area (Å²) in [4.78, 5) is 24.8. The first kappa shape index (κ1) is 17.3. The molecule has 0 saturated carbocycles. The highest BCUT2D eigenvalue weighted by atomic mass is 16.5. The van der Waals surface area contributed by atoms with Crippen molar-refractivity contribution in [2.45, 2.75) is 39.5 Å². The molecule has 1 N–H and O–H groups in total. The number of aryl methyl sites for hydroxylation is 2. The van der Waals surface area contributed by atoms with E-state index in [4.69, 9.17) is 9.84 Å². The first-order chi connectivity index (χ1) is 11.0. The van der Waals surface area contributed by atoms with Crippen molar-refractivity contribution in [1.29, 1.82) is 0 Å². The number of carboxylic acid groups (broad SMARTS) is 1. The second-order valence-electron chi connectivity index (χ2n) is 6.34. The smallest absolute Gasteiger partial charge is 0.303 e. The molecule has 5 heteroatoms. The first-order valence-electron chi connectivity index (χ1n) is 8.15. The maximum Gasteiger partial charge on any atom is 0.303 e. The molecule has 1 aromatic rings. The van der Waals surface area contributed by atoms with Gasteiger partial charge in [0.15, 0.2) is 6.61 Å².